The van der Waals surface area contributed by atoms with Gasteiger partial charge in [-0.05, 0) is 208 Å². The predicted octanol–water partition coefficient (Wildman–Crippen LogP) is 4.23. The van der Waals surface area contributed by atoms with Crippen LogP contribution in [0.1, 0.15) is 157 Å². The van der Waals surface area contributed by atoms with Crippen LogP contribution < -0.4 is 10.2 Å². The van der Waals surface area contributed by atoms with Gasteiger partial charge in [0, 0.05) is 11.9 Å². The van der Waals surface area contributed by atoms with Gasteiger partial charge >= 0.3 is 0 Å². The Morgan fingerprint density at radius 2 is 0.897 bits per heavy atom. The number of hydrogen-bond acceptors (Lipinski definition) is 10. The SMILES string of the molecule is C[C@H](CCC(=O)[O-])C1CCC2C3C(C[C@H](O)[C@@]21C)[C@@]1(C)CC[C@@H](O)CC1C[C@H]3O.C[C@H](CCC(=O)[O-])C1CCC2C3C(C[C@H](O)[C@@]21C)[C@@]1(C)CC[C@@H](O)CC1C[C@H]3O. The first kappa shape index (κ1) is 44.7. The smallest absolute Gasteiger partial charge is 0.0602 e. The Morgan fingerprint density at radius 3 is 1.24 bits per heavy atom. The summed E-state index contributed by atoms with van der Waals surface area (Å²) < 4.78 is 0. The van der Waals surface area contributed by atoms with Crippen LogP contribution in [-0.2, 0) is 9.59 Å². The van der Waals surface area contributed by atoms with Gasteiger partial charge in [-0.3, -0.25) is 0 Å². The van der Waals surface area contributed by atoms with Gasteiger partial charge in [0.15, 0.2) is 0 Å². The van der Waals surface area contributed by atoms with Crippen molar-refractivity contribution in [1.82, 2.24) is 0 Å². The number of aliphatic hydroxyl groups is 6. The molecule has 8 aliphatic carbocycles. The molecule has 6 N–H and O–H groups in total. The lowest BCUT2D eigenvalue weighted by Gasteiger charge is -2.63. The van der Waals surface area contributed by atoms with Crippen molar-refractivity contribution >= 4 is 11.9 Å². The minimum atomic E-state index is -0.998. The molecule has 0 aliphatic heterocycles. The van der Waals surface area contributed by atoms with Crippen LogP contribution in [0.25, 0.3) is 0 Å². The summed E-state index contributed by atoms with van der Waals surface area (Å²) in [5.74, 6) is 1.27. The van der Waals surface area contributed by atoms with E-state index >= 15 is 0 Å². The summed E-state index contributed by atoms with van der Waals surface area (Å²) in [6.07, 6.45) is 11.4. The Balaban J connectivity index is 0.000000177. The fourth-order valence-corrected chi connectivity index (χ4v) is 17.4. The molecule has 58 heavy (non-hydrogen) atoms. The molecule has 0 heterocycles. The fourth-order valence-electron chi connectivity index (χ4n) is 17.4. The van der Waals surface area contributed by atoms with Crippen molar-refractivity contribution in [2.24, 2.45) is 92.7 Å². The van der Waals surface area contributed by atoms with E-state index < -0.39 is 24.1 Å². The highest BCUT2D eigenvalue weighted by molar-refractivity contribution is 5.64. The molecule has 10 nitrogen and oxygen atoms in total. The maximum Gasteiger partial charge on any atom is 0.0602 e. The highest BCUT2D eigenvalue weighted by atomic mass is 16.4. The number of aliphatic carboxylic acids is 2. The largest absolute Gasteiger partial charge is 0.550 e. The molecule has 0 spiro atoms. The van der Waals surface area contributed by atoms with Crippen LogP contribution in [0, 0.1) is 92.7 Å². The molecular formula is C48H78O10-2. The van der Waals surface area contributed by atoms with Crippen molar-refractivity contribution in [3.8, 4) is 0 Å². The zero-order valence-electron chi connectivity index (χ0n) is 36.4. The second-order valence-electron chi connectivity index (χ2n) is 22.8. The number of hydrogen-bond donors (Lipinski definition) is 6. The van der Waals surface area contributed by atoms with Gasteiger partial charge in [0.25, 0.3) is 0 Å². The summed E-state index contributed by atoms with van der Waals surface area (Å²) in [5, 5.41) is 87.7. The summed E-state index contributed by atoms with van der Waals surface area (Å²) in [4.78, 5) is 21.9. The van der Waals surface area contributed by atoms with Gasteiger partial charge in [-0.25, -0.2) is 0 Å². The molecule has 8 saturated carbocycles. The minimum absolute atomic E-state index is 0.0747. The number of carbonyl (C=O) groups is 2. The molecule has 10 heteroatoms. The van der Waals surface area contributed by atoms with Crippen LogP contribution in [0.4, 0.5) is 0 Å². The topological polar surface area (TPSA) is 202 Å². The molecule has 0 amide bonds. The molecule has 0 radical (unpaired) electrons. The Kier molecular flexibility index (Phi) is 12.7. The standard InChI is InChI=1S/2C24H40O5/c2*1-13(4-7-21(28)29)16-5-6-17-22-18(12-20(27)24(16,17)3)23(2)9-8-15(25)10-14(23)11-19(22)26/h2*13-20,22,25-27H,4-12H2,1-3H3,(H,28,29)/p-2/t2*13-,14?,15-,16?,17?,18?,19-,20+,22?,23+,24-/m11/s1. The van der Waals surface area contributed by atoms with E-state index in [1.807, 2.05) is 0 Å². The minimum Gasteiger partial charge on any atom is -0.550 e. The zero-order chi connectivity index (χ0) is 42.3. The van der Waals surface area contributed by atoms with Gasteiger partial charge in [-0.15, -0.1) is 0 Å². The van der Waals surface area contributed by atoms with Crippen molar-refractivity contribution in [1.29, 1.82) is 0 Å². The van der Waals surface area contributed by atoms with Crippen LogP contribution in [-0.4, -0.2) is 79.2 Å². The molecule has 332 valence electrons. The third-order valence-corrected chi connectivity index (χ3v) is 20.6. The Morgan fingerprint density at radius 1 is 0.534 bits per heavy atom. The highest BCUT2D eigenvalue weighted by Gasteiger charge is 2.67. The van der Waals surface area contributed by atoms with E-state index in [0.29, 0.717) is 36.5 Å². The molecule has 8 aliphatic rings. The van der Waals surface area contributed by atoms with Crippen molar-refractivity contribution in [3.05, 3.63) is 0 Å². The average molecular weight is 815 g/mol. The molecule has 0 aromatic rings. The highest BCUT2D eigenvalue weighted by Crippen LogP contribution is 2.70. The van der Waals surface area contributed by atoms with Crippen LogP contribution in [0.2, 0.25) is 0 Å². The van der Waals surface area contributed by atoms with Crippen LogP contribution >= 0.6 is 0 Å². The van der Waals surface area contributed by atoms with Crippen molar-refractivity contribution in [2.75, 3.05) is 0 Å². The van der Waals surface area contributed by atoms with E-state index in [1.54, 1.807) is 0 Å². The van der Waals surface area contributed by atoms with E-state index in [0.717, 1.165) is 89.9 Å². The summed E-state index contributed by atoms with van der Waals surface area (Å²) in [7, 11) is 0. The summed E-state index contributed by atoms with van der Waals surface area (Å²) in [6.45, 7) is 13.3. The summed E-state index contributed by atoms with van der Waals surface area (Å²) in [5.41, 5.74) is -0.343. The molecule has 0 aromatic carbocycles. The zero-order valence-corrected chi connectivity index (χ0v) is 36.4. The van der Waals surface area contributed by atoms with Gasteiger partial charge in [-0.1, -0.05) is 41.5 Å². The first-order chi connectivity index (χ1) is 27.2. The van der Waals surface area contributed by atoms with E-state index in [1.165, 1.54) is 0 Å². The molecule has 0 saturated heterocycles. The number of carboxylic acids is 2. The van der Waals surface area contributed by atoms with E-state index in [9.17, 15) is 50.4 Å². The second-order valence-corrected chi connectivity index (χ2v) is 22.8. The number of carboxylic acid groups (broad SMARTS) is 2. The Bertz CT molecular complexity index is 1380. The van der Waals surface area contributed by atoms with E-state index in [4.69, 9.17) is 0 Å². The van der Waals surface area contributed by atoms with E-state index in [-0.39, 0.29) is 106 Å². The van der Waals surface area contributed by atoms with Gasteiger partial charge < -0.3 is 50.4 Å². The number of fused-ring (bicyclic) bond motifs is 10. The number of rotatable bonds is 8. The fraction of sp³-hybridized carbons (Fsp3) is 0.958. The summed E-state index contributed by atoms with van der Waals surface area (Å²) >= 11 is 0. The van der Waals surface area contributed by atoms with Crippen molar-refractivity contribution < 1.29 is 50.4 Å². The third kappa shape index (κ3) is 7.33. The lowest BCUT2D eigenvalue weighted by Crippen LogP contribution is -2.62. The predicted molar refractivity (Wildman–Crippen MR) is 215 cm³/mol. The second kappa shape index (κ2) is 16.4. The molecule has 0 aromatic heterocycles. The number of carbonyl (C=O) groups excluding carboxylic acids is 2. The monoisotopic (exact) mass is 815 g/mol. The average Bonchev–Trinajstić information content (AvgIpc) is 3.70. The quantitative estimate of drug-likeness (QED) is 0.206. The molecule has 8 fully saturated rings. The first-order valence-corrected chi connectivity index (χ1v) is 23.7. The van der Waals surface area contributed by atoms with Crippen LogP contribution in [0.5, 0.6) is 0 Å². The van der Waals surface area contributed by atoms with Gasteiger partial charge in [0.05, 0.1) is 36.6 Å². The molecular weight excluding hydrogens is 737 g/mol. The molecule has 0 bridgehead atoms. The van der Waals surface area contributed by atoms with Gasteiger partial charge in [0.2, 0.25) is 0 Å². The van der Waals surface area contributed by atoms with Gasteiger partial charge in [0.1, 0.15) is 0 Å². The third-order valence-electron chi connectivity index (χ3n) is 20.6. The van der Waals surface area contributed by atoms with Crippen molar-refractivity contribution in [2.45, 2.75) is 194 Å². The van der Waals surface area contributed by atoms with E-state index in [2.05, 4.69) is 41.5 Å². The van der Waals surface area contributed by atoms with Crippen molar-refractivity contribution in [3.63, 3.8) is 0 Å². The Hall–Kier alpha value is -1.30. The first-order valence-electron chi connectivity index (χ1n) is 23.7. The maximum absolute atomic E-state index is 11.5. The summed E-state index contributed by atoms with van der Waals surface area (Å²) in [6, 6.07) is 0. The molecule has 10 unspecified atom stereocenters. The molecule has 22 atom stereocenters. The normalized spacial score (nSPS) is 52.9. The Labute approximate surface area is 348 Å². The van der Waals surface area contributed by atoms with Gasteiger partial charge in [-0.2, -0.15) is 0 Å². The maximum atomic E-state index is 11.5. The van der Waals surface area contributed by atoms with Crippen LogP contribution in [0.15, 0.2) is 0 Å². The lowest BCUT2D eigenvalue weighted by atomic mass is 9.43. The molecule has 8 rings (SSSR count). The van der Waals surface area contributed by atoms with Crippen LogP contribution in [0.3, 0.4) is 0 Å². The lowest BCUT2D eigenvalue weighted by molar-refractivity contribution is -0.307. The number of aliphatic hydroxyl groups excluding tert-OH is 6.